The van der Waals surface area contributed by atoms with E-state index in [1.54, 1.807) is 0 Å². The Morgan fingerprint density at radius 3 is 2.00 bits per heavy atom. The third kappa shape index (κ3) is 5.67. The van der Waals surface area contributed by atoms with Crippen molar-refractivity contribution in [2.24, 2.45) is 0 Å². The standard InChI is InChI=1S/C5H7NO6S/c1-13(11,12)6-3(5(9)10)2-4(7)8/h2,6H,1H3,(H,7,8)(H,9,10)/b3-2+. The number of nitrogens with one attached hydrogen (secondary N) is 1. The Morgan fingerprint density at radius 1 is 1.31 bits per heavy atom. The Balaban J connectivity index is 4.86. The summed E-state index contributed by atoms with van der Waals surface area (Å²) in [6.45, 7) is 0. The van der Waals surface area contributed by atoms with E-state index in [9.17, 15) is 18.0 Å². The molecular formula is C5H7NO6S. The van der Waals surface area contributed by atoms with Crippen molar-refractivity contribution >= 4 is 22.0 Å². The van der Waals surface area contributed by atoms with Gasteiger partial charge in [-0.05, 0) is 0 Å². The molecule has 13 heavy (non-hydrogen) atoms. The van der Waals surface area contributed by atoms with Gasteiger partial charge in [0.15, 0.2) is 0 Å². The van der Waals surface area contributed by atoms with Crippen molar-refractivity contribution < 1.29 is 28.2 Å². The van der Waals surface area contributed by atoms with Crippen LogP contribution in [-0.4, -0.2) is 36.8 Å². The van der Waals surface area contributed by atoms with Gasteiger partial charge in [0.1, 0.15) is 5.70 Å². The molecule has 3 N–H and O–H groups in total. The molecule has 0 spiro atoms. The van der Waals surface area contributed by atoms with E-state index in [1.165, 1.54) is 4.72 Å². The van der Waals surface area contributed by atoms with Gasteiger partial charge in [0.2, 0.25) is 10.0 Å². The van der Waals surface area contributed by atoms with E-state index in [0.717, 1.165) is 0 Å². The second kappa shape index (κ2) is 3.90. The molecule has 0 aromatic carbocycles. The highest BCUT2D eigenvalue weighted by atomic mass is 32.2. The van der Waals surface area contributed by atoms with Crippen LogP contribution in [0.4, 0.5) is 0 Å². The zero-order valence-corrected chi connectivity index (χ0v) is 7.33. The van der Waals surface area contributed by atoms with Gasteiger partial charge >= 0.3 is 11.9 Å². The molecule has 0 heterocycles. The minimum atomic E-state index is -3.78. The molecule has 0 radical (unpaired) electrons. The van der Waals surface area contributed by atoms with Crippen LogP contribution in [0.15, 0.2) is 11.8 Å². The fraction of sp³-hybridized carbons (Fsp3) is 0.200. The lowest BCUT2D eigenvalue weighted by Crippen LogP contribution is -2.26. The van der Waals surface area contributed by atoms with E-state index >= 15 is 0 Å². The first kappa shape index (κ1) is 11.4. The quantitative estimate of drug-likeness (QED) is 0.489. The number of aliphatic carboxylic acids is 2. The summed E-state index contributed by atoms with van der Waals surface area (Å²) in [7, 11) is -3.78. The summed E-state index contributed by atoms with van der Waals surface area (Å²) >= 11 is 0. The van der Waals surface area contributed by atoms with Gasteiger partial charge in [-0.2, -0.15) is 0 Å². The summed E-state index contributed by atoms with van der Waals surface area (Å²) < 4.78 is 22.6. The Bertz CT molecular complexity index is 353. The van der Waals surface area contributed by atoms with Crippen LogP contribution in [-0.2, 0) is 19.6 Å². The molecule has 0 aliphatic carbocycles. The summed E-state index contributed by atoms with van der Waals surface area (Å²) in [6, 6.07) is 0. The fourth-order valence-electron chi connectivity index (χ4n) is 0.458. The second-order valence-electron chi connectivity index (χ2n) is 2.08. The smallest absolute Gasteiger partial charge is 0.353 e. The lowest BCUT2D eigenvalue weighted by molar-refractivity contribution is -0.135. The van der Waals surface area contributed by atoms with E-state index in [4.69, 9.17) is 10.2 Å². The maximum Gasteiger partial charge on any atom is 0.353 e. The van der Waals surface area contributed by atoms with Gasteiger partial charge in [0, 0.05) is 0 Å². The average Bonchev–Trinajstić information content (AvgIpc) is 1.81. The van der Waals surface area contributed by atoms with Gasteiger partial charge in [-0.15, -0.1) is 0 Å². The van der Waals surface area contributed by atoms with Crippen molar-refractivity contribution in [3.8, 4) is 0 Å². The Morgan fingerprint density at radius 2 is 1.77 bits per heavy atom. The summed E-state index contributed by atoms with van der Waals surface area (Å²) in [4.78, 5) is 20.3. The Kier molecular flexibility index (Phi) is 3.43. The van der Waals surface area contributed by atoms with E-state index in [1.807, 2.05) is 0 Å². The van der Waals surface area contributed by atoms with Gasteiger partial charge in [0.05, 0.1) is 12.3 Å². The third-order valence-electron chi connectivity index (χ3n) is 0.794. The normalized spacial score (nSPS) is 12.2. The summed E-state index contributed by atoms with van der Waals surface area (Å²) in [5.41, 5.74) is -0.907. The van der Waals surface area contributed by atoms with Crippen molar-refractivity contribution in [2.45, 2.75) is 0 Å². The van der Waals surface area contributed by atoms with Crippen LogP contribution in [0.1, 0.15) is 0 Å². The van der Waals surface area contributed by atoms with Gasteiger partial charge in [-0.1, -0.05) is 0 Å². The maximum absolute atomic E-state index is 10.5. The lowest BCUT2D eigenvalue weighted by Gasteiger charge is -2.01. The molecule has 0 aromatic rings. The minimum Gasteiger partial charge on any atom is -0.478 e. The first-order valence-corrected chi connectivity index (χ1v) is 4.77. The largest absolute Gasteiger partial charge is 0.478 e. The SMILES string of the molecule is CS(=O)(=O)N/C(=C/C(=O)O)C(=O)O. The van der Waals surface area contributed by atoms with Crippen molar-refractivity contribution in [3.05, 3.63) is 11.8 Å². The number of carbonyl (C=O) groups is 2. The minimum absolute atomic E-state index is 0.253. The number of carboxylic acid groups (broad SMARTS) is 2. The van der Waals surface area contributed by atoms with Gasteiger partial charge < -0.3 is 10.2 Å². The lowest BCUT2D eigenvalue weighted by atomic mass is 10.4. The topological polar surface area (TPSA) is 121 Å². The molecule has 0 aliphatic heterocycles. The third-order valence-corrected chi connectivity index (χ3v) is 1.38. The molecule has 0 rings (SSSR count). The van der Waals surface area contributed by atoms with Crippen LogP contribution < -0.4 is 4.72 Å². The molecule has 0 amide bonds. The molecular weight excluding hydrogens is 202 g/mol. The molecule has 0 bridgehead atoms. The Labute approximate surface area is 73.7 Å². The van der Waals surface area contributed by atoms with E-state index in [2.05, 4.69) is 0 Å². The van der Waals surface area contributed by atoms with Gasteiger partial charge in [-0.3, -0.25) is 4.72 Å². The second-order valence-corrected chi connectivity index (χ2v) is 3.82. The molecule has 8 heteroatoms. The predicted octanol–water partition coefficient (Wildman–Crippen LogP) is -1.41. The molecule has 0 atom stereocenters. The molecule has 0 fully saturated rings. The highest BCUT2D eigenvalue weighted by Crippen LogP contribution is 1.92. The van der Waals surface area contributed by atoms with Crippen LogP contribution in [0, 0.1) is 0 Å². The summed E-state index contributed by atoms with van der Waals surface area (Å²) in [6.07, 6.45) is 0.967. The van der Waals surface area contributed by atoms with E-state index in [0.29, 0.717) is 6.26 Å². The van der Waals surface area contributed by atoms with Crippen LogP contribution in [0.2, 0.25) is 0 Å². The summed E-state index contributed by atoms with van der Waals surface area (Å²) in [5, 5.41) is 16.5. The summed E-state index contributed by atoms with van der Waals surface area (Å²) in [5.74, 6) is -3.21. The van der Waals surface area contributed by atoms with Crippen LogP contribution in [0.5, 0.6) is 0 Å². The average molecular weight is 209 g/mol. The van der Waals surface area contributed by atoms with E-state index in [-0.39, 0.29) is 6.08 Å². The van der Waals surface area contributed by atoms with E-state index < -0.39 is 27.7 Å². The molecule has 0 aromatic heterocycles. The van der Waals surface area contributed by atoms with Crippen molar-refractivity contribution in [1.82, 2.24) is 4.72 Å². The molecule has 7 nitrogen and oxygen atoms in total. The highest BCUT2D eigenvalue weighted by molar-refractivity contribution is 7.88. The van der Waals surface area contributed by atoms with Gasteiger partial charge in [0.25, 0.3) is 0 Å². The highest BCUT2D eigenvalue weighted by Gasteiger charge is 2.13. The zero-order valence-electron chi connectivity index (χ0n) is 6.51. The Hall–Kier alpha value is -1.57. The number of sulfonamides is 1. The fourth-order valence-corrected chi connectivity index (χ4v) is 1.00. The molecule has 0 aliphatic rings. The van der Waals surface area contributed by atoms with Crippen LogP contribution in [0.3, 0.4) is 0 Å². The zero-order chi connectivity index (χ0) is 10.6. The molecule has 0 saturated heterocycles. The van der Waals surface area contributed by atoms with Gasteiger partial charge in [-0.25, -0.2) is 18.0 Å². The number of hydrogen-bond acceptors (Lipinski definition) is 4. The molecule has 74 valence electrons. The maximum atomic E-state index is 10.5. The monoisotopic (exact) mass is 209 g/mol. The predicted molar refractivity (Wildman–Crippen MR) is 41.3 cm³/mol. The first-order chi connectivity index (χ1) is 5.72. The molecule has 0 saturated carbocycles. The molecule has 0 unspecified atom stereocenters. The van der Waals surface area contributed by atoms with Crippen LogP contribution >= 0.6 is 0 Å². The number of rotatable bonds is 4. The van der Waals surface area contributed by atoms with Crippen LogP contribution in [0.25, 0.3) is 0 Å². The number of carboxylic acids is 2. The number of hydrogen-bond donors (Lipinski definition) is 3. The van der Waals surface area contributed by atoms with Crippen molar-refractivity contribution in [2.75, 3.05) is 6.26 Å². The first-order valence-electron chi connectivity index (χ1n) is 2.88. The van der Waals surface area contributed by atoms with Crippen molar-refractivity contribution in [1.29, 1.82) is 0 Å². The van der Waals surface area contributed by atoms with Crippen molar-refractivity contribution in [3.63, 3.8) is 0 Å².